The molecule has 2 aliphatic heterocycles. The third-order valence-electron chi connectivity index (χ3n) is 6.65. The summed E-state index contributed by atoms with van der Waals surface area (Å²) in [5, 5.41) is 4.56. The Bertz CT molecular complexity index is 975. The van der Waals surface area contributed by atoms with Gasteiger partial charge in [-0.15, -0.1) is 0 Å². The van der Waals surface area contributed by atoms with Crippen molar-refractivity contribution < 1.29 is 0 Å². The fourth-order valence-corrected chi connectivity index (χ4v) is 4.47. The predicted octanol–water partition coefficient (Wildman–Crippen LogP) is 4.08. The minimum atomic E-state index is 0.680. The average Bonchev–Trinajstić information content (AvgIpc) is 3.26. The zero-order valence-electron chi connectivity index (χ0n) is 16.0. The topological polar surface area (TPSA) is 36.7 Å². The highest BCUT2D eigenvalue weighted by atomic mass is 15.4. The molecule has 2 saturated carbocycles. The van der Waals surface area contributed by atoms with Crippen molar-refractivity contribution in [2.45, 2.75) is 50.6 Å². The highest BCUT2D eigenvalue weighted by Gasteiger charge is 2.37. The molecule has 0 amide bonds. The molecular formula is C23H25N5. The van der Waals surface area contributed by atoms with E-state index in [9.17, 15) is 0 Å². The second-order valence-electron chi connectivity index (χ2n) is 8.34. The van der Waals surface area contributed by atoms with Crippen LogP contribution in [0.2, 0.25) is 0 Å². The lowest BCUT2D eigenvalue weighted by Crippen LogP contribution is -2.51. The summed E-state index contributed by atoms with van der Waals surface area (Å²) in [7, 11) is 0. The van der Waals surface area contributed by atoms with E-state index in [0.29, 0.717) is 12.1 Å². The number of para-hydroxylation sites is 1. The fourth-order valence-electron chi connectivity index (χ4n) is 4.47. The van der Waals surface area contributed by atoms with Crippen LogP contribution < -0.4 is 0 Å². The van der Waals surface area contributed by atoms with Crippen molar-refractivity contribution >= 4 is 5.71 Å². The highest BCUT2D eigenvalue weighted by Crippen LogP contribution is 2.39. The molecule has 28 heavy (non-hydrogen) atoms. The van der Waals surface area contributed by atoms with Crippen LogP contribution in [0, 0.1) is 0 Å². The Morgan fingerprint density at radius 1 is 0.929 bits per heavy atom. The normalized spacial score (nSPS) is 22.2. The van der Waals surface area contributed by atoms with E-state index < -0.39 is 0 Å². The Labute approximate surface area is 165 Å². The number of nitrogens with zero attached hydrogens (tertiary/aromatic N) is 5. The van der Waals surface area contributed by atoms with Crippen molar-refractivity contribution in [3.63, 3.8) is 0 Å². The van der Waals surface area contributed by atoms with Gasteiger partial charge in [0, 0.05) is 30.0 Å². The molecule has 2 aliphatic carbocycles. The lowest BCUT2D eigenvalue weighted by molar-refractivity contribution is 0.0595. The van der Waals surface area contributed by atoms with Crippen LogP contribution in [0.15, 0.2) is 71.4 Å². The van der Waals surface area contributed by atoms with Gasteiger partial charge in [0.25, 0.3) is 0 Å². The smallest absolute Gasteiger partial charge is 0.103 e. The molecule has 0 N–H and O–H groups in total. The summed E-state index contributed by atoms with van der Waals surface area (Å²) >= 11 is 0. The van der Waals surface area contributed by atoms with E-state index in [1.807, 2.05) is 29.1 Å². The van der Waals surface area contributed by atoms with E-state index in [-0.39, 0.29) is 0 Å². The maximum Gasteiger partial charge on any atom is 0.103 e. The number of hydrogen-bond acceptors (Lipinski definition) is 4. The van der Waals surface area contributed by atoms with Crippen LogP contribution in [-0.4, -0.2) is 44.0 Å². The van der Waals surface area contributed by atoms with Crippen molar-refractivity contribution in [3.05, 3.63) is 72.0 Å². The Hall–Kier alpha value is -2.82. The summed E-state index contributed by atoms with van der Waals surface area (Å²) in [6, 6.07) is 11.6. The van der Waals surface area contributed by atoms with Gasteiger partial charge in [-0.3, -0.25) is 0 Å². The van der Waals surface area contributed by atoms with Gasteiger partial charge in [0.05, 0.1) is 30.0 Å². The molecule has 4 aliphatic rings. The van der Waals surface area contributed by atoms with Crippen LogP contribution in [0.3, 0.4) is 0 Å². The Balaban J connectivity index is 1.33. The third kappa shape index (κ3) is 2.60. The number of hydrogen-bond donors (Lipinski definition) is 0. The van der Waals surface area contributed by atoms with Gasteiger partial charge in [-0.2, -0.15) is 5.10 Å². The van der Waals surface area contributed by atoms with Gasteiger partial charge in [0.2, 0.25) is 0 Å². The van der Waals surface area contributed by atoms with Gasteiger partial charge in [-0.25, -0.2) is 9.67 Å². The zero-order chi connectivity index (χ0) is 18.5. The van der Waals surface area contributed by atoms with Crippen LogP contribution in [0.4, 0.5) is 0 Å². The molecule has 0 bridgehead atoms. The first-order valence-electron chi connectivity index (χ1n) is 10.5. The molecule has 0 spiro atoms. The Kier molecular flexibility index (Phi) is 3.67. The van der Waals surface area contributed by atoms with Gasteiger partial charge >= 0.3 is 0 Å². The van der Waals surface area contributed by atoms with Crippen LogP contribution in [0.1, 0.15) is 44.1 Å². The molecule has 0 atom stereocenters. The number of aromatic nitrogens is 2. The van der Waals surface area contributed by atoms with Gasteiger partial charge in [-0.1, -0.05) is 18.2 Å². The third-order valence-corrected chi connectivity index (χ3v) is 6.65. The summed E-state index contributed by atoms with van der Waals surface area (Å²) in [5.74, 6) is 0. The van der Waals surface area contributed by atoms with Crippen molar-refractivity contribution in [3.8, 4) is 5.69 Å². The summed E-state index contributed by atoms with van der Waals surface area (Å²) in [5.41, 5.74) is 5.62. The number of fused-ring (bicyclic) bond motifs is 1. The molecule has 0 saturated heterocycles. The van der Waals surface area contributed by atoms with Gasteiger partial charge in [0.15, 0.2) is 0 Å². The number of benzene rings is 1. The molecule has 2 aromatic rings. The lowest BCUT2D eigenvalue weighted by Gasteiger charge is -2.48. The SMILES string of the molecule is C1=C2N=C(c3cnn(-c4ccccc4)c3)C=C2N(C2CCC2)CN1C1CCC1. The predicted molar refractivity (Wildman–Crippen MR) is 110 cm³/mol. The minimum Gasteiger partial charge on any atom is -0.355 e. The highest BCUT2D eigenvalue weighted by molar-refractivity contribution is 6.11. The Morgan fingerprint density at radius 2 is 1.71 bits per heavy atom. The van der Waals surface area contributed by atoms with Crippen LogP contribution >= 0.6 is 0 Å². The molecule has 1 aromatic heterocycles. The van der Waals surface area contributed by atoms with Gasteiger partial charge in [-0.05, 0) is 56.7 Å². The van der Waals surface area contributed by atoms with Crippen molar-refractivity contribution in [2.24, 2.45) is 4.99 Å². The van der Waals surface area contributed by atoms with Crippen LogP contribution in [-0.2, 0) is 0 Å². The molecule has 2 fully saturated rings. The van der Waals surface area contributed by atoms with Crippen molar-refractivity contribution in [1.29, 1.82) is 0 Å². The quantitative estimate of drug-likeness (QED) is 0.813. The number of aliphatic imine (C=N–C) groups is 1. The van der Waals surface area contributed by atoms with E-state index >= 15 is 0 Å². The molecule has 0 radical (unpaired) electrons. The average molecular weight is 371 g/mol. The van der Waals surface area contributed by atoms with E-state index in [0.717, 1.165) is 29.3 Å². The molecular weight excluding hydrogens is 346 g/mol. The second kappa shape index (κ2) is 6.36. The molecule has 0 unspecified atom stereocenters. The molecule has 3 heterocycles. The van der Waals surface area contributed by atoms with E-state index in [4.69, 9.17) is 4.99 Å². The van der Waals surface area contributed by atoms with Crippen molar-refractivity contribution in [1.82, 2.24) is 19.6 Å². The van der Waals surface area contributed by atoms with E-state index in [2.05, 4.69) is 45.5 Å². The largest absolute Gasteiger partial charge is 0.355 e. The Morgan fingerprint density at radius 3 is 2.43 bits per heavy atom. The van der Waals surface area contributed by atoms with Gasteiger partial charge < -0.3 is 9.80 Å². The standard InChI is InChI=1S/C23H25N5/c1-2-6-20(7-3-1)28-14-17(13-24-28)21-12-23-22(25-21)15-26(18-8-4-9-18)16-27(23)19-10-5-11-19/h1-3,6-7,12-15,18-19H,4-5,8-11,16H2. The zero-order valence-corrected chi connectivity index (χ0v) is 16.0. The first kappa shape index (κ1) is 16.2. The van der Waals surface area contributed by atoms with E-state index in [1.165, 1.54) is 44.2 Å². The monoisotopic (exact) mass is 371 g/mol. The first-order valence-corrected chi connectivity index (χ1v) is 10.5. The summed E-state index contributed by atoms with van der Waals surface area (Å²) in [6.45, 7) is 1.02. The molecule has 5 heteroatoms. The lowest BCUT2D eigenvalue weighted by atomic mass is 9.89. The number of allylic oxidation sites excluding steroid dienone is 1. The molecule has 6 rings (SSSR count). The molecule has 1 aromatic carbocycles. The first-order chi connectivity index (χ1) is 13.8. The summed E-state index contributed by atoms with van der Waals surface area (Å²) < 4.78 is 1.93. The molecule has 142 valence electrons. The summed E-state index contributed by atoms with van der Waals surface area (Å²) in [4.78, 5) is 10.2. The maximum atomic E-state index is 5.02. The summed E-state index contributed by atoms with van der Waals surface area (Å²) in [6.07, 6.45) is 16.6. The molecule has 5 nitrogen and oxygen atoms in total. The number of rotatable bonds is 4. The minimum absolute atomic E-state index is 0.680. The van der Waals surface area contributed by atoms with E-state index in [1.54, 1.807) is 0 Å². The van der Waals surface area contributed by atoms with Crippen LogP contribution in [0.25, 0.3) is 5.69 Å². The van der Waals surface area contributed by atoms with Crippen molar-refractivity contribution in [2.75, 3.05) is 6.67 Å². The fraction of sp³-hybridized carbons (Fsp3) is 0.391. The van der Waals surface area contributed by atoms with Gasteiger partial charge in [0.1, 0.15) is 5.70 Å². The maximum absolute atomic E-state index is 5.02. The second-order valence-corrected chi connectivity index (χ2v) is 8.34. The van der Waals surface area contributed by atoms with Crippen LogP contribution in [0.5, 0.6) is 0 Å².